The number of furan rings is 1. The first-order valence-corrected chi connectivity index (χ1v) is 7.24. The van der Waals surface area contributed by atoms with Crippen LogP contribution >= 0.6 is 11.3 Å². The van der Waals surface area contributed by atoms with Crippen LogP contribution in [0.2, 0.25) is 0 Å². The van der Waals surface area contributed by atoms with Gasteiger partial charge in [0.05, 0.1) is 16.7 Å². The molecule has 0 fully saturated rings. The Morgan fingerprint density at radius 2 is 2.11 bits per heavy atom. The summed E-state index contributed by atoms with van der Waals surface area (Å²) >= 11 is 1.69. The Balaban J connectivity index is 2.00. The number of hydrogen-bond donors (Lipinski definition) is 1. The Morgan fingerprint density at radius 1 is 1.33 bits per heavy atom. The van der Waals surface area contributed by atoms with Crippen molar-refractivity contribution in [2.24, 2.45) is 0 Å². The fourth-order valence-electron chi connectivity index (χ4n) is 1.94. The maximum absolute atomic E-state index is 5.76. The van der Waals surface area contributed by atoms with Gasteiger partial charge in [-0.25, -0.2) is 4.98 Å². The maximum atomic E-state index is 5.76. The summed E-state index contributed by atoms with van der Waals surface area (Å²) in [7, 11) is 0. The highest BCUT2D eigenvalue weighted by atomic mass is 32.1. The lowest BCUT2D eigenvalue weighted by molar-refractivity contribution is 0.385. The molecule has 0 amide bonds. The Kier molecular flexibility index (Phi) is 4.19. The first-order chi connectivity index (χ1) is 8.60. The molecule has 2 rings (SSSR count). The Morgan fingerprint density at radius 3 is 2.67 bits per heavy atom. The molecule has 2 aromatic heterocycles. The summed E-state index contributed by atoms with van der Waals surface area (Å²) in [4.78, 5) is 4.50. The topological polar surface area (TPSA) is 38.1 Å². The lowest BCUT2D eigenvalue weighted by Gasteiger charge is -2.16. The monoisotopic (exact) mass is 264 g/mol. The number of nitrogens with one attached hydrogen (secondary N) is 1. The van der Waals surface area contributed by atoms with Gasteiger partial charge in [0, 0.05) is 17.8 Å². The van der Waals surface area contributed by atoms with Gasteiger partial charge in [0.25, 0.3) is 0 Å². The number of thiazole rings is 1. The fraction of sp³-hybridized carbons (Fsp3) is 0.500. The third-order valence-electron chi connectivity index (χ3n) is 3.04. The van der Waals surface area contributed by atoms with Gasteiger partial charge < -0.3 is 4.42 Å². The molecule has 2 aromatic rings. The average Bonchev–Trinajstić information content (AvgIpc) is 2.97. The summed E-state index contributed by atoms with van der Waals surface area (Å²) in [6, 6.07) is 4.53. The third kappa shape index (κ3) is 3.00. The van der Waals surface area contributed by atoms with Gasteiger partial charge in [-0.3, -0.25) is 5.32 Å². The predicted octanol–water partition coefficient (Wildman–Crippen LogP) is 4.02. The molecule has 0 saturated heterocycles. The predicted molar refractivity (Wildman–Crippen MR) is 74.9 cm³/mol. The van der Waals surface area contributed by atoms with Crippen LogP contribution in [0.4, 0.5) is 0 Å². The summed E-state index contributed by atoms with van der Waals surface area (Å²) in [6.07, 6.45) is 0.938. The maximum Gasteiger partial charge on any atom is 0.120 e. The molecule has 1 N–H and O–H groups in total. The van der Waals surface area contributed by atoms with E-state index in [4.69, 9.17) is 4.42 Å². The SMILES string of the molecule is CCc1ccc([C@@H](C)N[C@@H](C)c2csc(C)n2)o1. The second kappa shape index (κ2) is 5.67. The fourth-order valence-corrected chi connectivity index (χ4v) is 2.65. The van der Waals surface area contributed by atoms with Gasteiger partial charge in [-0.1, -0.05) is 6.92 Å². The van der Waals surface area contributed by atoms with Crippen LogP contribution < -0.4 is 5.32 Å². The molecule has 0 aromatic carbocycles. The summed E-state index contributed by atoms with van der Waals surface area (Å²) in [5, 5.41) is 6.73. The van der Waals surface area contributed by atoms with E-state index in [2.05, 4.69) is 42.5 Å². The van der Waals surface area contributed by atoms with E-state index in [1.165, 1.54) is 0 Å². The van der Waals surface area contributed by atoms with Crippen LogP contribution in [0.25, 0.3) is 0 Å². The first kappa shape index (κ1) is 13.3. The van der Waals surface area contributed by atoms with E-state index in [0.717, 1.165) is 28.6 Å². The zero-order valence-electron chi connectivity index (χ0n) is 11.4. The Hall–Kier alpha value is -1.13. The smallest absolute Gasteiger partial charge is 0.120 e. The van der Waals surface area contributed by atoms with Gasteiger partial charge in [0.1, 0.15) is 11.5 Å². The largest absolute Gasteiger partial charge is 0.464 e. The van der Waals surface area contributed by atoms with Crippen molar-refractivity contribution in [3.8, 4) is 0 Å². The molecule has 0 saturated carbocycles. The molecule has 98 valence electrons. The molecule has 18 heavy (non-hydrogen) atoms. The van der Waals surface area contributed by atoms with E-state index in [-0.39, 0.29) is 12.1 Å². The average molecular weight is 264 g/mol. The molecular weight excluding hydrogens is 244 g/mol. The van der Waals surface area contributed by atoms with E-state index in [9.17, 15) is 0 Å². The lowest BCUT2D eigenvalue weighted by Crippen LogP contribution is -2.22. The second-order valence-electron chi connectivity index (χ2n) is 4.56. The molecule has 3 nitrogen and oxygen atoms in total. The molecule has 4 heteroatoms. The molecular formula is C14H20N2OS. The van der Waals surface area contributed by atoms with Gasteiger partial charge in [-0.2, -0.15) is 0 Å². The minimum absolute atomic E-state index is 0.197. The third-order valence-corrected chi connectivity index (χ3v) is 3.83. The number of hydrogen-bond acceptors (Lipinski definition) is 4. The standard InChI is InChI=1S/C14H20N2OS/c1-5-12-6-7-14(17-12)10(3)15-9(2)13-8-18-11(4)16-13/h6-10,15H,5H2,1-4H3/t9-,10+/m0/s1. The van der Waals surface area contributed by atoms with Crippen molar-refractivity contribution in [2.75, 3.05) is 0 Å². The van der Waals surface area contributed by atoms with Gasteiger partial charge in [0.2, 0.25) is 0 Å². The van der Waals surface area contributed by atoms with Crippen LogP contribution in [-0.2, 0) is 6.42 Å². The molecule has 2 atom stereocenters. The lowest BCUT2D eigenvalue weighted by atomic mass is 10.2. The first-order valence-electron chi connectivity index (χ1n) is 6.36. The number of aromatic nitrogens is 1. The molecule has 0 radical (unpaired) electrons. The Labute approximate surface area is 112 Å². The van der Waals surface area contributed by atoms with Crippen molar-refractivity contribution in [3.05, 3.63) is 39.7 Å². The second-order valence-corrected chi connectivity index (χ2v) is 5.62. The van der Waals surface area contributed by atoms with E-state index >= 15 is 0 Å². The van der Waals surface area contributed by atoms with E-state index in [1.807, 2.05) is 13.0 Å². The van der Waals surface area contributed by atoms with Crippen molar-refractivity contribution in [1.82, 2.24) is 10.3 Å². The van der Waals surface area contributed by atoms with Crippen molar-refractivity contribution < 1.29 is 4.42 Å². The number of rotatable bonds is 5. The summed E-state index contributed by atoms with van der Waals surface area (Å²) in [5.41, 5.74) is 1.10. The number of aryl methyl sites for hydroxylation is 2. The zero-order chi connectivity index (χ0) is 13.1. The molecule has 0 spiro atoms. The highest BCUT2D eigenvalue weighted by molar-refractivity contribution is 7.09. The van der Waals surface area contributed by atoms with Gasteiger partial charge in [-0.15, -0.1) is 11.3 Å². The molecule has 0 bridgehead atoms. The Bertz CT molecular complexity index is 503. The van der Waals surface area contributed by atoms with Crippen LogP contribution in [0.15, 0.2) is 21.9 Å². The van der Waals surface area contributed by atoms with Gasteiger partial charge in [0.15, 0.2) is 0 Å². The molecule has 0 aliphatic rings. The van der Waals surface area contributed by atoms with Crippen LogP contribution in [0.5, 0.6) is 0 Å². The zero-order valence-corrected chi connectivity index (χ0v) is 12.2. The minimum atomic E-state index is 0.197. The molecule has 0 aliphatic carbocycles. The van der Waals surface area contributed by atoms with Crippen LogP contribution in [0, 0.1) is 6.92 Å². The summed E-state index contributed by atoms with van der Waals surface area (Å²) in [6.45, 7) is 8.38. The normalized spacial score (nSPS) is 14.7. The van der Waals surface area contributed by atoms with Gasteiger partial charge in [-0.05, 0) is 32.9 Å². The summed E-state index contributed by atoms with van der Waals surface area (Å²) in [5.74, 6) is 2.03. The molecule has 0 aliphatic heterocycles. The van der Waals surface area contributed by atoms with E-state index < -0.39 is 0 Å². The van der Waals surface area contributed by atoms with Crippen LogP contribution in [0.3, 0.4) is 0 Å². The highest BCUT2D eigenvalue weighted by Gasteiger charge is 2.15. The van der Waals surface area contributed by atoms with Crippen molar-refractivity contribution in [1.29, 1.82) is 0 Å². The molecule has 0 unspecified atom stereocenters. The number of nitrogens with zero attached hydrogens (tertiary/aromatic N) is 1. The van der Waals surface area contributed by atoms with Crippen molar-refractivity contribution >= 4 is 11.3 Å². The minimum Gasteiger partial charge on any atom is -0.464 e. The quantitative estimate of drug-likeness (QED) is 0.886. The van der Waals surface area contributed by atoms with E-state index in [1.54, 1.807) is 11.3 Å². The summed E-state index contributed by atoms with van der Waals surface area (Å²) < 4.78 is 5.76. The molecule has 2 heterocycles. The van der Waals surface area contributed by atoms with Gasteiger partial charge >= 0.3 is 0 Å². The van der Waals surface area contributed by atoms with Crippen molar-refractivity contribution in [2.45, 2.75) is 46.2 Å². The van der Waals surface area contributed by atoms with E-state index in [0.29, 0.717) is 0 Å². The highest BCUT2D eigenvalue weighted by Crippen LogP contribution is 2.22. The van der Waals surface area contributed by atoms with Crippen LogP contribution in [0.1, 0.15) is 55.1 Å². The van der Waals surface area contributed by atoms with Crippen LogP contribution in [-0.4, -0.2) is 4.98 Å². The van der Waals surface area contributed by atoms with Crippen molar-refractivity contribution in [3.63, 3.8) is 0 Å².